The monoisotopic (exact) mass is 381 g/mol. The first-order chi connectivity index (χ1) is 10.7. The Morgan fingerprint density at radius 1 is 1.26 bits per heavy atom. The van der Waals surface area contributed by atoms with Crippen LogP contribution in [0.25, 0.3) is 0 Å². The Labute approximate surface area is 147 Å². The highest BCUT2D eigenvalue weighted by Gasteiger charge is 2.38. The summed E-state index contributed by atoms with van der Waals surface area (Å²) in [5.74, 6) is 0. The van der Waals surface area contributed by atoms with E-state index in [0.717, 1.165) is 23.7 Å². The third-order valence-electron chi connectivity index (χ3n) is 4.11. The molecule has 2 amide bonds. The topological polar surface area (TPSA) is 53.2 Å². The fraction of sp³-hybridized carbons (Fsp3) is 0.611. The van der Waals surface area contributed by atoms with E-state index in [2.05, 4.69) is 71.7 Å². The van der Waals surface area contributed by atoms with E-state index in [0.29, 0.717) is 6.54 Å². The summed E-state index contributed by atoms with van der Waals surface area (Å²) in [4.78, 5) is 12.1. The molecule has 1 aromatic carbocycles. The van der Waals surface area contributed by atoms with Crippen LogP contribution in [0.3, 0.4) is 0 Å². The SMILES string of the molecule is CC1(C)CC(NC(=O)NCCc2cccc(Br)c2)CC(C)(C)N1. The van der Waals surface area contributed by atoms with E-state index in [-0.39, 0.29) is 23.2 Å². The molecular formula is C18H28BrN3O. The molecular weight excluding hydrogens is 354 g/mol. The number of carbonyl (C=O) groups excluding carboxylic acids is 1. The summed E-state index contributed by atoms with van der Waals surface area (Å²) in [6.45, 7) is 9.39. The molecule has 0 bridgehead atoms. The van der Waals surface area contributed by atoms with Crippen molar-refractivity contribution in [3.63, 3.8) is 0 Å². The van der Waals surface area contributed by atoms with Crippen LogP contribution >= 0.6 is 15.9 Å². The molecule has 3 N–H and O–H groups in total. The van der Waals surface area contributed by atoms with Crippen molar-refractivity contribution < 1.29 is 4.79 Å². The highest BCUT2D eigenvalue weighted by Crippen LogP contribution is 2.28. The van der Waals surface area contributed by atoms with Crippen molar-refractivity contribution in [2.24, 2.45) is 0 Å². The lowest BCUT2D eigenvalue weighted by Gasteiger charge is -2.46. The van der Waals surface area contributed by atoms with Crippen molar-refractivity contribution in [3.05, 3.63) is 34.3 Å². The van der Waals surface area contributed by atoms with Gasteiger partial charge in [-0.3, -0.25) is 0 Å². The van der Waals surface area contributed by atoms with Crippen LogP contribution in [0.1, 0.15) is 46.1 Å². The van der Waals surface area contributed by atoms with Crippen LogP contribution in [0, 0.1) is 0 Å². The van der Waals surface area contributed by atoms with Crippen molar-refractivity contribution in [3.8, 4) is 0 Å². The van der Waals surface area contributed by atoms with Gasteiger partial charge >= 0.3 is 6.03 Å². The van der Waals surface area contributed by atoms with Gasteiger partial charge in [0.2, 0.25) is 0 Å². The summed E-state index contributed by atoms with van der Waals surface area (Å²) in [5, 5.41) is 9.72. The molecule has 1 fully saturated rings. The van der Waals surface area contributed by atoms with Crippen LogP contribution in [0.4, 0.5) is 4.79 Å². The zero-order valence-electron chi connectivity index (χ0n) is 14.5. The van der Waals surface area contributed by atoms with E-state index in [9.17, 15) is 4.79 Å². The van der Waals surface area contributed by atoms with E-state index in [1.165, 1.54) is 5.56 Å². The average Bonchev–Trinajstić information content (AvgIpc) is 2.34. The normalized spacial score (nSPS) is 20.0. The predicted molar refractivity (Wildman–Crippen MR) is 98.7 cm³/mol. The Morgan fingerprint density at radius 2 is 1.91 bits per heavy atom. The summed E-state index contributed by atoms with van der Waals surface area (Å²) < 4.78 is 1.07. The minimum Gasteiger partial charge on any atom is -0.338 e. The minimum absolute atomic E-state index is 0.0377. The molecule has 0 saturated carbocycles. The smallest absolute Gasteiger partial charge is 0.315 e. The molecule has 1 aliphatic heterocycles. The van der Waals surface area contributed by atoms with Crippen LogP contribution in [0.2, 0.25) is 0 Å². The predicted octanol–water partition coefficient (Wildman–Crippen LogP) is 3.60. The third-order valence-corrected chi connectivity index (χ3v) is 4.61. The maximum absolute atomic E-state index is 12.1. The molecule has 1 aliphatic rings. The largest absolute Gasteiger partial charge is 0.338 e. The lowest BCUT2D eigenvalue weighted by molar-refractivity contribution is 0.147. The molecule has 23 heavy (non-hydrogen) atoms. The number of benzene rings is 1. The fourth-order valence-electron chi connectivity index (χ4n) is 3.67. The molecule has 0 atom stereocenters. The van der Waals surface area contributed by atoms with Gasteiger partial charge in [0.25, 0.3) is 0 Å². The van der Waals surface area contributed by atoms with Crippen LogP contribution < -0.4 is 16.0 Å². The Bertz CT molecular complexity index is 541. The fourth-order valence-corrected chi connectivity index (χ4v) is 4.12. The van der Waals surface area contributed by atoms with Gasteiger partial charge < -0.3 is 16.0 Å². The van der Waals surface area contributed by atoms with E-state index in [1.54, 1.807) is 0 Å². The lowest BCUT2D eigenvalue weighted by Crippen LogP contribution is -2.62. The Kier molecular flexibility index (Phi) is 5.74. The summed E-state index contributed by atoms with van der Waals surface area (Å²) in [6.07, 6.45) is 2.71. The maximum atomic E-state index is 12.1. The van der Waals surface area contributed by atoms with Crippen molar-refractivity contribution in [2.45, 2.75) is 64.1 Å². The molecule has 0 spiro atoms. The number of nitrogens with one attached hydrogen (secondary N) is 3. The van der Waals surface area contributed by atoms with Gasteiger partial charge in [0.05, 0.1) is 0 Å². The second kappa shape index (κ2) is 7.22. The van der Waals surface area contributed by atoms with Gasteiger partial charge in [0.15, 0.2) is 0 Å². The number of hydrogen-bond donors (Lipinski definition) is 3. The standard InChI is InChI=1S/C18H28BrN3O/c1-17(2)11-15(12-18(3,4)22-17)21-16(23)20-9-8-13-6-5-7-14(19)10-13/h5-7,10,15,22H,8-9,11-12H2,1-4H3,(H2,20,21,23). The quantitative estimate of drug-likeness (QED) is 0.745. The van der Waals surface area contributed by atoms with Crippen LogP contribution in [0.5, 0.6) is 0 Å². The van der Waals surface area contributed by atoms with Crippen molar-refractivity contribution in [2.75, 3.05) is 6.54 Å². The first-order valence-electron chi connectivity index (χ1n) is 8.23. The molecule has 2 rings (SSSR count). The summed E-state index contributed by atoms with van der Waals surface area (Å²) in [6, 6.07) is 8.30. The van der Waals surface area contributed by atoms with E-state index < -0.39 is 0 Å². The van der Waals surface area contributed by atoms with Gasteiger partial charge in [0, 0.05) is 28.1 Å². The van der Waals surface area contributed by atoms with Crippen molar-refractivity contribution >= 4 is 22.0 Å². The first-order valence-corrected chi connectivity index (χ1v) is 9.03. The summed E-state index contributed by atoms with van der Waals surface area (Å²) in [7, 11) is 0. The van der Waals surface area contributed by atoms with Gasteiger partial charge in [-0.05, 0) is 64.7 Å². The molecule has 1 saturated heterocycles. The highest BCUT2D eigenvalue weighted by atomic mass is 79.9. The molecule has 0 aliphatic carbocycles. The Morgan fingerprint density at radius 3 is 2.52 bits per heavy atom. The molecule has 128 valence electrons. The average molecular weight is 382 g/mol. The second-order valence-electron chi connectivity index (χ2n) is 7.78. The number of halogens is 1. The van der Waals surface area contributed by atoms with E-state index in [4.69, 9.17) is 0 Å². The molecule has 5 heteroatoms. The number of carbonyl (C=O) groups is 1. The molecule has 4 nitrogen and oxygen atoms in total. The van der Waals surface area contributed by atoms with Gasteiger partial charge in [-0.1, -0.05) is 28.1 Å². The molecule has 1 aromatic rings. The van der Waals surface area contributed by atoms with Crippen LogP contribution in [0.15, 0.2) is 28.7 Å². The van der Waals surface area contributed by atoms with Gasteiger partial charge in [-0.15, -0.1) is 0 Å². The van der Waals surface area contributed by atoms with E-state index in [1.807, 2.05) is 12.1 Å². The van der Waals surface area contributed by atoms with Crippen molar-refractivity contribution in [1.82, 2.24) is 16.0 Å². The number of hydrogen-bond acceptors (Lipinski definition) is 2. The van der Waals surface area contributed by atoms with Gasteiger partial charge in [0.1, 0.15) is 0 Å². The van der Waals surface area contributed by atoms with E-state index >= 15 is 0 Å². The number of urea groups is 1. The molecule has 0 unspecified atom stereocenters. The number of rotatable bonds is 4. The zero-order chi connectivity index (χ0) is 17.1. The maximum Gasteiger partial charge on any atom is 0.315 e. The summed E-state index contributed by atoms with van der Waals surface area (Å²) in [5.41, 5.74) is 1.29. The molecule has 0 aromatic heterocycles. The molecule has 0 radical (unpaired) electrons. The Hall–Kier alpha value is -1.07. The number of piperidine rings is 1. The molecule has 1 heterocycles. The minimum atomic E-state index is -0.0708. The highest BCUT2D eigenvalue weighted by molar-refractivity contribution is 9.10. The Balaban J connectivity index is 1.78. The van der Waals surface area contributed by atoms with Crippen molar-refractivity contribution in [1.29, 1.82) is 0 Å². The van der Waals surface area contributed by atoms with Crippen LogP contribution in [-0.4, -0.2) is 29.7 Å². The second-order valence-corrected chi connectivity index (χ2v) is 8.69. The first kappa shape index (κ1) is 18.3. The zero-order valence-corrected chi connectivity index (χ0v) is 16.1. The van der Waals surface area contributed by atoms with Crippen LogP contribution in [-0.2, 0) is 6.42 Å². The third kappa shape index (κ3) is 6.15. The lowest BCUT2D eigenvalue weighted by atomic mass is 9.80. The van der Waals surface area contributed by atoms with Gasteiger partial charge in [-0.2, -0.15) is 0 Å². The summed E-state index contributed by atoms with van der Waals surface area (Å²) >= 11 is 3.46. The van der Waals surface area contributed by atoms with Gasteiger partial charge in [-0.25, -0.2) is 4.79 Å². The number of amides is 2.